The molecular weight excluding hydrogens is 310 g/mol. The Morgan fingerprint density at radius 2 is 2.17 bits per heavy atom. The first-order chi connectivity index (χ1) is 11.5. The molecule has 6 nitrogen and oxygen atoms in total. The Balaban J connectivity index is 1.45. The molecule has 0 aromatic heterocycles. The van der Waals surface area contributed by atoms with Gasteiger partial charge in [-0.15, -0.1) is 0 Å². The van der Waals surface area contributed by atoms with E-state index in [9.17, 15) is 14.4 Å². The van der Waals surface area contributed by atoms with Crippen LogP contribution in [0.4, 0.5) is 0 Å². The summed E-state index contributed by atoms with van der Waals surface area (Å²) in [4.78, 5) is 38.9. The van der Waals surface area contributed by atoms with Crippen molar-refractivity contribution in [2.24, 2.45) is 23.7 Å². The van der Waals surface area contributed by atoms with Crippen molar-refractivity contribution in [2.45, 2.75) is 50.4 Å². The number of hydrogen-bond donors (Lipinski definition) is 0. The standard InChI is InChI=1S/C18H21NO5/c1-9(20)23-8-18-5-4-13(24-18)14-15(18)17(22)19(16(14)21)12-7-10-2-3-11(12)6-10/h4-5,10-15H,2-3,6-8H2,1H3/t10-,11-,12-,13+,14-,15+,18+/m0/s1. The molecule has 3 aliphatic heterocycles. The average molecular weight is 331 g/mol. The molecule has 3 heterocycles. The van der Waals surface area contributed by atoms with Gasteiger partial charge in [-0.25, -0.2) is 0 Å². The van der Waals surface area contributed by atoms with Gasteiger partial charge < -0.3 is 9.47 Å². The van der Waals surface area contributed by atoms with E-state index in [-0.39, 0.29) is 30.6 Å². The van der Waals surface area contributed by atoms with Crippen LogP contribution in [-0.2, 0) is 23.9 Å². The molecule has 5 rings (SSSR count). The van der Waals surface area contributed by atoms with E-state index in [1.54, 1.807) is 4.90 Å². The minimum atomic E-state index is -0.958. The van der Waals surface area contributed by atoms with Crippen LogP contribution in [0.5, 0.6) is 0 Å². The molecule has 0 aromatic rings. The van der Waals surface area contributed by atoms with Crippen molar-refractivity contribution in [1.82, 2.24) is 4.90 Å². The fourth-order valence-electron chi connectivity index (χ4n) is 5.76. The number of hydrogen-bond acceptors (Lipinski definition) is 5. The monoisotopic (exact) mass is 331 g/mol. The second-order valence-corrected chi connectivity index (χ2v) is 7.97. The van der Waals surface area contributed by atoms with Crippen molar-refractivity contribution in [3.63, 3.8) is 0 Å². The largest absolute Gasteiger partial charge is 0.462 e. The number of rotatable bonds is 3. The summed E-state index contributed by atoms with van der Waals surface area (Å²) >= 11 is 0. The van der Waals surface area contributed by atoms with Crippen LogP contribution in [0.25, 0.3) is 0 Å². The van der Waals surface area contributed by atoms with Crippen LogP contribution in [0.3, 0.4) is 0 Å². The van der Waals surface area contributed by atoms with Crippen LogP contribution < -0.4 is 0 Å². The van der Waals surface area contributed by atoms with E-state index < -0.39 is 23.4 Å². The number of ether oxygens (including phenoxy) is 2. The summed E-state index contributed by atoms with van der Waals surface area (Å²) < 4.78 is 11.1. The maximum Gasteiger partial charge on any atom is 0.302 e. The molecule has 0 spiro atoms. The number of carbonyl (C=O) groups is 3. The van der Waals surface area contributed by atoms with Crippen LogP contribution in [0.15, 0.2) is 12.2 Å². The van der Waals surface area contributed by atoms with Gasteiger partial charge in [-0.05, 0) is 37.2 Å². The van der Waals surface area contributed by atoms with Crippen molar-refractivity contribution < 1.29 is 23.9 Å². The average Bonchev–Trinajstić information content (AvgIpc) is 3.32. The third kappa shape index (κ3) is 1.72. The predicted octanol–water partition coefficient (Wildman–Crippen LogP) is 1.05. The van der Waals surface area contributed by atoms with Crippen LogP contribution in [0.1, 0.15) is 32.6 Å². The highest BCUT2D eigenvalue weighted by molar-refractivity contribution is 6.07. The number of nitrogens with zero attached hydrogens (tertiary/aromatic N) is 1. The Morgan fingerprint density at radius 3 is 2.83 bits per heavy atom. The Kier molecular flexibility index (Phi) is 2.86. The van der Waals surface area contributed by atoms with Crippen molar-refractivity contribution in [3.8, 4) is 0 Å². The zero-order valence-corrected chi connectivity index (χ0v) is 13.6. The topological polar surface area (TPSA) is 72.9 Å². The van der Waals surface area contributed by atoms with E-state index in [0.29, 0.717) is 11.8 Å². The summed E-state index contributed by atoms with van der Waals surface area (Å²) in [6, 6.07) is 0.0690. The predicted molar refractivity (Wildman–Crippen MR) is 81.4 cm³/mol. The van der Waals surface area contributed by atoms with Gasteiger partial charge in [0, 0.05) is 13.0 Å². The fraction of sp³-hybridized carbons (Fsp3) is 0.722. The summed E-state index contributed by atoms with van der Waals surface area (Å²) in [6.45, 7) is 1.34. The second-order valence-electron chi connectivity index (χ2n) is 7.97. The lowest BCUT2D eigenvalue weighted by molar-refractivity contribution is -0.156. The van der Waals surface area contributed by atoms with E-state index in [4.69, 9.17) is 9.47 Å². The van der Waals surface area contributed by atoms with Crippen molar-refractivity contribution >= 4 is 17.8 Å². The Bertz CT molecular complexity index is 672. The third-order valence-electron chi connectivity index (χ3n) is 6.72. The Morgan fingerprint density at radius 1 is 1.33 bits per heavy atom. The molecule has 4 bridgehead atoms. The van der Waals surface area contributed by atoms with Crippen molar-refractivity contribution in [2.75, 3.05) is 6.61 Å². The number of fused-ring (bicyclic) bond motifs is 7. The number of carbonyl (C=O) groups excluding carboxylic acids is 3. The first-order valence-electron chi connectivity index (χ1n) is 8.87. The Labute approximate surface area is 140 Å². The molecular formula is C18H21NO5. The van der Waals surface area contributed by atoms with Gasteiger partial charge in [0.15, 0.2) is 0 Å². The summed E-state index contributed by atoms with van der Waals surface area (Å²) in [5.41, 5.74) is -0.958. The number of imide groups is 1. The van der Waals surface area contributed by atoms with Crippen LogP contribution >= 0.6 is 0 Å². The molecule has 0 unspecified atom stereocenters. The molecule has 2 saturated heterocycles. The van der Waals surface area contributed by atoms with Crippen LogP contribution in [0, 0.1) is 23.7 Å². The lowest BCUT2D eigenvalue weighted by atomic mass is 9.77. The fourth-order valence-corrected chi connectivity index (χ4v) is 5.76. The van der Waals surface area contributed by atoms with E-state index >= 15 is 0 Å². The highest BCUT2D eigenvalue weighted by Crippen LogP contribution is 2.55. The zero-order chi connectivity index (χ0) is 16.6. The molecule has 2 saturated carbocycles. The summed E-state index contributed by atoms with van der Waals surface area (Å²) in [5.74, 6) is -0.464. The quantitative estimate of drug-likeness (QED) is 0.439. The third-order valence-corrected chi connectivity index (χ3v) is 6.72. The van der Waals surface area contributed by atoms with Gasteiger partial charge in [-0.1, -0.05) is 12.5 Å². The molecule has 0 aromatic carbocycles. The van der Waals surface area contributed by atoms with Gasteiger partial charge >= 0.3 is 5.97 Å². The van der Waals surface area contributed by atoms with Gasteiger partial charge in [0.05, 0.1) is 17.9 Å². The smallest absolute Gasteiger partial charge is 0.302 e. The first-order valence-corrected chi connectivity index (χ1v) is 8.87. The number of esters is 1. The van der Waals surface area contributed by atoms with E-state index in [0.717, 1.165) is 19.3 Å². The Hall–Kier alpha value is -1.69. The maximum absolute atomic E-state index is 13.2. The minimum absolute atomic E-state index is 0.0000796. The first kappa shape index (κ1) is 14.6. The molecule has 0 radical (unpaired) electrons. The van der Waals surface area contributed by atoms with E-state index in [2.05, 4.69) is 0 Å². The summed E-state index contributed by atoms with van der Waals surface area (Å²) in [6.07, 6.45) is 7.75. The highest BCUT2D eigenvalue weighted by atomic mass is 16.6. The highest BCUT2D eigenvalue weighted by Gasteiger charge is 2.69. The molecule has 5 aliphatic rings. The summed E-state index contributed by atoms with van der Waals surface area (Å²) in [7, 11) is 0. The maximum atomic E-state index is 13.2. The molecule has 4 fully saturated rings. The van der Waals surface area contributed by atoms with Gasteiger partial charge in [-0.3, -0.25) is 19.3 Å². The van der Waals surface area contributed by atoms with Gasteiger partial charge in [-0.2, -0.15) is 0 Å². The second kappa shape index (κ2) is 4.69. The molecule has 7 atom stereocenters. The molecule has 128 valence electrons. The minimum Gasteiger partial charge on any atom is -0.462 e. The van der Waals surface area contributed by atoms with E-state index in [1.807, 2.05) is 12.2 Å². The number of amides is 2. The summed E-state index contributed by atoms with van der Waals surface area (Å²) in [5, 5.41) is 0. The molecule has 6 heteroatoms. The van der Waals surface area contributed by atoms with Crippen LogP contribution in [0.2, 0.25) is 0 Å². The lowest BCUT2D eigenvalue weighted by Crippen LogP contribution is -2.48. The molecule has 0 N–H and O–H groups in total. The normalized spacial score (nSPS) is 47.8. The number of likely N-dealkylation sites (tertiary alicyclic amines) is 1. The van der Waals surface area contributed by atoms with Gasteiger partial charge in [0.2, 0.25) is 11.8 Å². The molecule has 2 aliphatic carbocycles. The zero-order valence-electron chi connectivity index (χ0n) is 13.6. The molecule has 24 heavy (non-hydrogen) atoms. The van der Waals surface area contributed by atoms with Crippen molar-refractivity contribution in [3.05, 3.63) is 12.2 Å². The lowest BCUT2D eigenvalue weighted by Gasteiger charge is -2.32. The SMILES string of the molecule is CC(=O)OC[C@@]12C=C[C@@H](O1)[C@@H]1C(=O)N([C@H]3C[C@H]4CC[C@H]3C4)C(=O)[C@@H]12. The van der Waals surface area contributed by atoms with Crippen molar-refractivity contribution in [1.29, 1.82) is 0 Å². The molecule has 2 amide bonds. The van der Waals surface area contributed by atoms with Gasteiger partial charge in [0.25, 0.3) is 0 Å². The van der Waals surface area contributed by atoms with E-state index in [1.165, 1.54) is 13.3 Å². The van der Waals surface area contributed by atoms with Gasteiger partial charge in [0.1, 0.15) is 12.2 Å². The van der Waals surface area contributed by atoms with Crippen LogP contribution in [-0.4, -0.2) is 47.0 Å².